The highest BCUT2D eigenvalue weighted by Crippen LogP contribution is 2.37. The third-order valence-corrected chi connectivity index (χ3v) is 6.11. The lowest BCUT2D eigenvalue weighted by Crippen LogP contribution is -2.49. The van der Waals surface area contributed by atoms with Gasteiger partial charge < -0.3 is 15.2 Å². The molecule has 1 saturated heterocycles. The van der Waals surface area contributed by atoms with Crippen LogP contribution in [0.5, 0.6) is 5.75 Å². The summed E-state index contributed by atoms with van der Waals surface area (Å²) in [5.41, 5.74) is 1.10. The SMILES string of the molecule is COc1cccc(F)c1C(=O)N[C@H]1C[C@H]2CN(Cc3ccncc3)C[C@H]2C[C@@H]1O. The molecular formula is C22H26FN3O3. The van der Waals surface area contributed by atoms with Gasteiger partial charge in [-0.25, -0.2) is 4.39 Å². The summed E-state index contributed by atoms with van der Waals surface area (Å²) in [5, 5.41) is 13.5. The third kappa shape index (κ3) is 4.26. The highest BCUT2D eigenvalue weighted by atomic mass is 19.1. The number of nitrogens with one attached hydrogen (secondary N) is 1. The Morgan fingerprint density at radius 1 is 1.24 bits per heavy atom. The summed E-state index contributed by atoms with van der Waals surface area (Å²) in [4.78, 5) is 19.1. The average Bonchev–Trinajstić information content (AvgIpc) is 3.09. The summed E-state index contributed by atoms with van der Waals surface area (Å²) in [6.07, 6.45) is 4.27. The monoisotopic (exact) mass is 399 g/mol. The predicted octanol–water partition coefficient (Wildman–Crippen LogP) is 2.23. The van der Waals surface area contributed by atoms with Crippen LogP contribution in [0.1, 0.15) is 28.8 Å². The van der Waals surface area contributed by atoms with E-state index in [-0.39, 0.29) is 11.3 Å². The topological polar surface area (TPSA) is 74.7 Å². The fourth-order valence-corrected chi connectivity index (χ4v) is 4.69. The van der Waals surface area contributed by atoms with Crippen LogP contribution in [-0.2, 0) is 6.54 Å². The number of aromatic nitrogens is 1. The molecule has 1 saturated carbocycles. The number of amides is 1. The second-order valence-electron chi connectivity index (χ2n) is 8.01. The van der Waals surface area contributed by atoms with E-state index in [2.05, 4.69) is 15.2 Å². The molecule has 1 amide bonds. The molecule has 1 aliphatic heterocycles. The zero-order chi connectivity index (χ0) is 20.4. The van der Waals surface area contributed by atoms with Crippen LogP contribution in [-0.4, -0.2) is 53.2 Å². The standard InChI is InChI=1S/C22H26FN3O3/c1-29-20-4-2-3-17(23)21(20)22(28)25-18-9-15-12-26(13-16(15)10-19(18)27)11-14-5-7-24-8-6-14/h2-8,15-16,18-19,27H,9-13H2,1H3,(H,25,28)/t15-,16+,18-,19-/m0/s1. The largest absolute Gasteiger partial charge is 0.496 e. The quantitative estimate of drug-likeness (QED) is 0.807. The number of hydrogen-bond acceptors (Lipinski definition) is 5. The first kappa shape index (κ1) is 19.8. The fourth-order valence-electron chi connectivity index (χ4n) is 4.69. The Balaban J connectivity index is 1.40. The van der Waals surface area contributed by atoms with Crippen LogP contribution in [0.25, 0.3) is 0 Å². The van der Waals surface area contributed by atoms with E-state index >= 15 is 0 Å². The second kappa shape index (κ2) is 8.47. The molecule has 0 bridgehead atoms. The van der Waals surface area contributed by atoms with E-state index in [1.165, 1.54) is 24.8 Å². The number of halogens is 1. The van der Waals surface area contributed by atoms with E-state index in [0.29, 0.717) is 24.7 Å². The molecule has 1 aromatic carbocycles. The minimum atomic E-state index is -0.640. The molecule has 6 nitrogen and oxygen atoms in total. The Hall–Kier alpha value is -2.51. The first-order chi connectivity index (χ1) is 14.0. The average molecular weight is 399 g/mol. The first-order valence-corrected chi connectivity index (χ1v) is 9.98. The molecular weight excluding hydrogens is 373 g/mol. The lowest BCUT2D eigenvalue weighted by Gasteiger charge is -2.35. The highest BCUT2D eigenvalue weighted by Gasteiger charge is 2.42. The highest BCUT2D eigenvalue weighted by molar-refractivity contribution is 5.97. The van der Waals surface area contributed by atoms with E-state index in [1.807, 2.05) is 12.1 Å². The molecule has 0 radical (unpaired) electrons. The number of rotatable bonds is 5. The van der Waals surface area contributed by atoms with Gasteiger partial charge in [0.25, 0.3) is 5.91 Å². The van der Waals surface area contributed by atoms with E-state index < -0.39 is 23.9 Å². The summed E-state index contributed by atoms with van der Waals surface area (Å²) < 4.78 is 19.3. The first-order valence-electron chi connectivity index (χ1n) is 9.98. The van der Waals surface area contributed by atoms with Crippen LogP contribution in [0.3, 0.4) is 0 Å². The molecule has 4 rings (SSSR count). The smallest absolute Gasteiger partial charge is 0.258 e. The molecule has 0 spiro atoms. The van der Waals surface area contributed by atoms with Gasteiger partial charge in [0.15, 0.2) is 0 Å². The van der Waals surface area contributed by atoms with Crippen molar-refractivity contribution in [1.82, 2.24) is 15.2 Å². The van der Waals surface area contributed by atoms with Gasteiger partial charge in [-0.05, 0) is 54.5 Å². The molecule has 1 aromatic heterocycles. The van der Waals surface area contributed by atoms with Gasteiger partial charge in [0.05, 0.1) is 19.3 Å². The number of benzene rings is 1. The molecule has 2 heterocycles. The van der Waals surface area contributed by atoms with Crippen LogP contribution in [0.4, 0.5) is 4.39 Å². The molecule has 2 N–H and O–H groups in total. The minimum Gasteiger partial charge on any atom is -0.496 e. The number of methoxy groups -OCH3 is 1. The molecule has 2 aromatic rings. The van der Waals surface area contributed by atoms with Gasteiger partial charge in [0.2, 0.25) is 0 Å². The number of aliphatic hydroxyl groups is 1. The van der Waals surface area contributed by atoms with Crippen LogP contribution < -0.4 is 10.1 Å². The number of pyridine rings is 1. The Bertz CT molecular complexity index is 864. The molecule has 29 heavy (non-hydrogen) atoms. The molecule has 0 unspecified atom stereocenters. The van der Waals surface area contributed by atoms with Gasteiger partial charge in [-0.2, -0.15) is 0 Å². The Morgan fingerprint density at radius 2 is 1.97 bits per heavy atom. The number of carbonyl (C=O) groups excluding carboxylic acids is 1. The van der Waals surface area contributed by atoms with Gasteiger partial charge in [0.1, 0.15) is 17.1 Å². The number of fused-ring (bicyclic) bond motifs is 1. The summed E-state index contributed by atoms with van der Waals surface area (Å²) in [7, 11) is 1.40. The normalized spacial score (nSPS) is 26.7. The molecule has 2 fully saturated rings. The maximum absolute atomic E-state index is 14.2. The Labute approximate surface area is 169 Å². The van der Waals surface area contributed by atoms with E-state index in [1.54, 1.807) is 18.5 Å². The Kier molecular flexibility index (Phi) is 5.78. The van der Waals surface area contributed by atoms with Crippen LogP contribution in [0.15, 0.2) is 42.7 Å². The van der Waals surface area contributed by atoms with Crippen molar-refractivity contribution in [3.63, 3.8) is 0 Å². The van der Waals surface area contributed by atoms with Crippen molar-refractivity contribution in [2.75, 3.05) is 20.2 Å². The van der Waals surface area contributed by atoms with Crippen molar-refractivity contribution < 1.29 is 19.0 Å². The van der Waals surface area contributed by atoms with E-state index in [4.69, 9.17) is 4.74 Å². The van der Waals surface area contributed by atoms with Crippen LogP contribution in [0.2, 0.25) is 0 Å². The van der Waals surface area contributed by atoms with Gasteiger partial charge in [0, 0.05) is 32.0 Å². The molecule has 2 aliphatic rings. The summed E-state index contributed by atoms with van der Waals surface area (Å²) in [6, 6.07) is 7.93. The van der Waals surface area contributed by atoms with Crippen molar-refractivity contribution in [3.8, 4) is 5.75 Å². The van der Waals surface area contributed by atoms with Gasteiger partial charge in [-0.15, -0.1) is 0 Å². The lowest BCUT2D eigenvalue weighted by atomic mass is 9.77. The Morgan fingerprint density at radius 3 is 2.69 bits per heavy atom. The van der Waals surface area contributed by atoms with E-state index in [0.717, 1.165) is 19.6 Å². The molecule has 4 atom stereocenters. The van der Waals surface area contributed by atoms with Crippen molar-refractivity contribution in [2.45, 2.75) is 31.5 Å². The van der Waals surface area contributed by atoms with Gasteiger partial charge in [-0.1, -0.05) is 6.07 Å². The number of carbonyl (C=O) groups is 1. The zero-order valence-electron chi connectivity index (χ0n) is 16.4. The number of nitrogens with zero attached hydrogens (tertiary/aromatic N) is 2. The van der Waals surface area contributed by atoms with Gasteiger partial charge >= 0.3 is 0 Å². The number of aliphatic hydroxyl groups excluding tert-OH is 1. The lowest BCUT2D eigenvalue weighted by molar-refractivity contribution is 0.0459. The number of likely N-dealkylation sites (tertiary alicyclic amines) is 1. The predicted molar refractivity (Wildman–Crippen MR) is 106 cm³/mol. The maximum Gasteiger partial charge on any atom is 0.258 e. The molecule has 1 aliphatic carbocycles. The second-order valence-corrected chi connectivity index (χ2v) is 8.01. The summed E-state index contributed by atoms with van der Waals surface area (Å²) >= 11 is 0. The maximum atomic E-state index is 14.2. The fraction of sp³-hybridized carbons (Fsp3) is 0.455. The summed E-state index contributed by atoms with van der Waals surface area (Å²) in [5.74, 6) is -0.186. The minimum absolute atomic E-state index is 0.116. The number of ether oxygens (including phenoxy) is 1. The van der Waals surface area contributed by atoms with Crippen molar-refractivity contribution in [1.29, 1.82) is 0 Å². The summed E-state index contributed by atoms with van der Waals surface area (Å²) in [6.45, 7) is 2.72. The zero-order valence-corrected chi connectivity index (χ0v) is 16.4. The van der Waals surface area contributed by atoms with Crippen LogP contribution in [0, 0.1) is 17.7 Å². The van der Waals surface area contributed by atoms with Gasteiger partial charge in [-0.3, -0.25) is 14.7 Å². The molecule has 7 heteroatoms. The van der Waals surface area contributed by atoms with Crippen molar-refractivity contribution >= 4 is 5.91 Å². The van der Waals surface area contributed by atoms with Crippen LogP contribution >= 0.6 is 0 Å². The van der Waals surface area contributed by atoms with Crippen molar-refractivity contribution in [2.24, 2.45) is 11.8 Å². The van der Waals surface area contributed by atoms with E-state index in [9.17, 15) is 14.3 Å². The van der Waals surface area contributed by atoms with Crippen molar-refractivity contribution in [3.05, 3.63) is 59.7 Å². The molecule has 154 valence electrons. The number of hydrogen-bond donors (Lipinski definition) is 2. The third-order valence-electron chi connectivity index (χ3n) is 6.11.